The average molecular weight is 281 g/mol. The molecule has 0 saturated heterocycles. The number of rotatable bonds is 5. The highest BCUT2D eigenvalue weighted by Crippen LogP contribution is 2.23. The zero-order chi connectivity index (χ0) is 13.0. The Morgan fingerprint density at radius 3 is 3.06 bits per heavy atom. The topological polar surface area (TPSA) is 43.6 Å². The number of nitrogens with zero attached hydrogens (tertiary/aromatic N) is 4. The lowest BCUT2D eigenvalue weighted by Crippen LogP contribution is -1.97. The van der Waals surface area contributed by atoms with Crippen molar-refractivity contribution in [3.05, 3.63) is 11.5 Å². The molecule has 0 unspecified atom stereocenters. The molecule has 0 aliphatic rings. The van der Waals surface area contributed by atoms with Crippen LogP contribution < -0.4 is 0 Å². The minimum Gasteiger partial charge on any atom is -0.303 e. The van der Waals surface area contributed by atoms with Crippen LogP contribution in [0.1, 0.15) is 19.8 Å². The number of terminal acetylenes is 1. The van der Waals surface area contributed by atoms with E-state index in [-0.39, 0.29) is 0 Å². The van der Waals surface area contributed by atoms with E-state index >= 15 is 0 Å². The first-order valence-corrected chi connectivity index (χ1v) is 7.07. The summed E-state index contributed by atoms with van der Waals surface area (Å²) < 4.78 is 1.80. The summed E-state index contributed by atoms with van der Waals surface area (Å²) in [5, 5.41) is 1.06. The maximum absolute atomic E-state index is 6.10. The van der Waals surface area contributed by atoms with Crippen LogP contribution in [0.25, 0.3) is 11.2 Å². The summed E-state index contributed by atoms with van der Waals surface area (Å²) in [7, 11) is 0. The second kappa shape index (κ2) is 6.07. The summed E-state index contributed by atoms with van der Waals surface area (Å²) >= 11 is 7.70. The summed E-state index contributed by atoms with van der Waals surface area (Å²) in [6, 6.07) is 0. The van der Waals surface area contributed by atoms with Crippen LogP contribution in [-0.4, -0.2) is 25.3 Å². The second-order valence-electron chi connectivity index (χ2n) is 3.75. The van der Waals surface area contributed by atoms with Crippen LogP contribution in [0.3, 0.4) is 0 Å². The minimum atomic E-state index is 0.384. The third-order valence-corrected chi connectivity index (χ3v) is 3.59. The van der Waals surface area contributed by atoms with Gasteiger partial charge in [0.15, 0.2) is 16.0 Å². The first-order chi connectivity index (χ1) is 8.76. The number of hydrogen-bond acceptors (Lipinski definition) is 4. The van der Waals surface area contributed by atoms with Crippen molar-refractivity contribution in [1.82, 2.24) is 19.5 Å². The van der Waals surface area contributed by atoms with Gasteiger partial charge in [0.1, 0.15) is 5.52 Å². The van der Waals surface area contributed by atoms with Gasteiger partial charge in [0, 0.05) is 5.75 Å². The molecule has 94 valence electrons. The fourth-order valence-corrected chi connectivity index (χ4v) is 2.66. The fourth-order valence-electron chi connectivity index (χ4n) is 1.48. The number of halogens is 1. The fraction of sp³-hybridized carbons (Fsp3) is 0.417. The maximum atomic E-state index is 6.10. The summed E-state index contributed by atoms with van der Waals surface area (Å²) in [4.78, 5) is 12.9. The minimum absolute atomic E-state index is 0.384. The molecule has 0 aromatic carbocycles. The Kier molecular flexibility index (Phi) is 4.45. The molecule has 2 heterocycles. The molecule has 0 aliphatic heterocycles. The molecule has 0 fully saturated rings. The third kappa shape index (κ3) is 2.77. The molecule has 0 bridgehead atoms. The molecule has 0 spiro atoms. The standard InChI is InChI=1S/C12H13ClN4S/c1-3-5-7-18-12-15-10(13)9-11(16-12)17(6-4-2)8-14-9/h2,8H,3,5-7H2,1H3. The predicted molar refractivity (Wildman–Crippen MR) is 74.8 cm³/mol. The highest BCUT2D eigenvalue weighted by molar-refractivity contribution is 7.99. The van der Waals surface area contributed by atoms with Crippen LogP contribution in [0.15, 0.2) is 11.5 Å². The van der Waals surface area contributed by atoms with Crippen LogP contribution in [0.2, 0.25) is 5.15 Å². The zero-order valence-electron chi connectivity index (χ0n) is 10.1. The van der Waals surface area contributed by atoms with Crippen molar-refractivity contribution < 1.29 is 0 Å². The Morgan fingerprint density at radius 1 is 1.50 bits per heavy atom. The van der Waals surface area contributed by atoms with Crippen LogP contribution in [-0.2, 0) is 6.54 Å². The molecular formula is C12H13ClN4S. The molecule has 0 aliphatic carbocycles. The SMILES string of the molecule is C#CCn1cnc2c(Cl)nc(SCCCC)nc21. The van der Waals surface area contributed by atoms with Crippen LogP contribution in [0, 0.1) is 12.3 Å². The average Bonchev–Trinajstić information content (AvgIpc) is 2.74. The molecule has 0 amide bonds. The second-order valence-corrected chi connectivity index (χ2v) is 5.17. The van der Waals surface area contributed by atoms with Crippen LogP contribution >= 0.6 is 23.4 Å². The summed E-state index contributed by atoms with van der Waals surface area (Å²) in [6.45, 7) is 2.59. The van der Waals surface area contributed by atoms with Gasteiger partial charge in [-0.2, -0.15) is 0 Å². The predicted octanol–water partition coefficient (Wildman–Crippen LogP) is 3.01. The van der Waals surface area contributed by atoms with Gasteiger partial charge in [0.25, 0.3) is 0 Å². The molecule has 0 radical (unpaired) electrons. The highest BCUT2D eigenvalue weighted by atomic mass is 35.5. The largest absolute Gasteiger partial charge is 0.303 e. The van der Waals surface area contributed by atoms with Crippen molar-refractivity contribution in [3.63, 3.8) is 0 Å². The van der Waals surface area contributed by atoms with E-state index in [4.69, 9.17) is 18.0 Å². The number of fused-ring (bicyclic) bond motifs is 1. The van der Waals surface area contributed by atoms with E-state index in [1.807, 2.05) is 0 Å². The van der Waals surface area contributed by atoms with Crippen molar-refractivity contribution in [3.8, 4) is 12.3 Å². The van der Waals surface area contributed by atoms with Gasteiger partial charge in [-0.1, -0.05) is 42.6 Å². The van der Waals surface area contributed by atoms with E-state index in [0.29, 0.717) is 28.0 Å². The van der Waals surface area contributed by atoms with Gasteiger partial charge in [0.2, 0.25) is 0 Å². The van der Waals surface area contributed by atoms with E-state index in [2.05, 4.69) is 27.8 Å². The quantitative estimate of drug-likeness (QED) is 0.278. The highest BCUT2D eigenvalue weighted by Gasteiger charge is 2.11. The summed E-state index contributed by atoms with van der Waals surface area (Å²) in [6.07, 6.45) is 9.23. The van der Waals surface area contributed by atoms with Gasteiger partial charge >= 0.3 is 0 Å². The van der Waals surface area contributed by atoms with Gasteiger partial charge in [0.05, 0.1) is 12.9 Å². The Labute approximate surface area is 115 Å². The molecule has 2 aromatic rings. The molecule has 6 heteroatoms. The Morgan fingerprint density at radius 2 is 2.33 bits per heavy atom. The number of imidazole rings is 1. The van der Waals surface area contributed by atoms with Crippen LogP contribution in [0.4, 0.5) is 0 Å². The molecule has 0 atom stereocenters. The van der Waals surface area contributed by atoms with Crippen molar-refractivity contribution >= 4 is 34.5 Å². The van der Waals surface area contributed by atoms with Gasteiger partial charge in [-0.15, -0.1) is 6.42 Å². The maximum Gasteiger partial charge on any atom is 0.191 e. The molecule has 0 saturated carbocycles. The Balaban J connectivity index is 2.33. The van der Waals surface area contributed by atoms with E-state index in [0.717, 1.165) is 18.6 Å². The Bertz CT molecular complexity index is 588. The molecule has 4 nitrogen and oxygen atoms in total. The van der Waals surface area contributed by atoms with E-state index < -0.39 is 0 Å². The van der Waals surface area contributed by atoms with Gasteiger partial charge in [-0.25, -0.2) is 15.0 Å². The molecule has 0 N–H and O–H groups in total. The number of thioether (sulfide) groups is 1. The smallest absolute Gasteiger partial charge is 0.191 e. The number of hydrogen-bond donors (Lipinski definition) is 0. The van der Waals surface area contributed by atoms with E-state index in [1.54, 1.807) is 22.7 Å². The molecule has 2 rings (SSSR count). The number of unbranched alkanes of at least 4 members (excludes halogenated alkanes) is 1. The van der Waals surface area contributed by atoms with Crippen molar-refractivity contribution in [2.75, 3.05) is 5.75 Å². The van der Waals surface area contributed by atoms with E-state index in [9.17, 15) is 0 Å². The van der Waals surface area contributed by atoms with Gasteiger partial charge < -0.3 is 4.57 Å². The first-order valence-electron chi connectivity index (χ1n) is 5.71. The molecule has 18 heavy (non-hydrogen) atoms. The Hall–Kier alpha value is -1.25. The van der Waals surface area contributed by atoms with Gasteiger partial charge in [-0.3, -0.25) is 0 Å². The first kappa shape index (κ1) is 13.2. The van der Waals surface area contributed by atoms with Gasteiger partial charge in [-0.05, 0) is 6.42 Å². The molecular weight excluding hydrogens is 268 g/mol. The lowest BCUT2D eigenvalue weighted by molar-refractivity contribution is 0.841. The normalized spacial score (nSPS) is 10.7. The van der Waals surface area contributed by atoms with Crippen molar-refractivity contribution in [2.24, 2.45) is 0 Å². The zero-order valence-corrected chi connectivity index (χ0v) is 11.6. The van der Waals surface area contributed by atoms with Crippen LogP contribution in [0.5, 0.6) is 0 Å². The monoisotopic (exact) mass is 280 g/mol. The lowest BCUT2D eigenvalue weighted by Gasteiger charge is -2.02. The number of aromatic nitrogens is 4. The summed E-state index contributed by atoms with van der Waals surface area (Å²) in [5.41, 5.74) is 1.30. The molecule has 2 aromatic heterocycles. The van der Waals surface area contributed by atoms with E-state index in [1.165, 1.54) is 0 Å². The lowest BCUT2D eigenvalue weighted by atomic mass is 10.4. The van der Waals surface area contributed by atoms with Crippen molar-refractivity contribution in [1.29, 1.82) is 0 Å². The third-order valence-electron chi connectivity index (χ3n) is 2.39. The summed E-state index contributed by atoms with van der Waals surface area (Å²) in [5.74, 6) is 3.55. The van der Waals surface area contributed by atoms with Crippen molar-refractivity contribution in [2.45, 2.75) is 31.5 Å².